The van der Waals surface area contributed by atoms with E-state index in [-0.39, 0.29) is 0 Å². The van der Waals surface area contributed by atoms with Gasteiger partial charge in [-0.3, -0.25) is 0 Å². The van der Waals surface area contributed by atoms with E-state index >= 15 is 0 Å². The van der Waals surface area contributed by atoms with Crippen LogP contribution in [0.25, 0.3) is 0 Å². The molecular formula is C9H18Si. The molecule has 0 nitrogen and oxygen atoms in total. The van der Waals surface area contributed by atoms with Gasteiger partial charge < -0.3 is 0 Å². The summed E-state index contributed by atoms with van der Waals surface area (Å²) in [6.45, 7) is 7.22. The highest BCUT2D eigenvalue weighted by Crippen LogP contribution is 2.13. The molecule has 0 N–H and O–H groups in total. The lowest BCUT2D eigenvalue weighted by Gasteiger charge is -2.14. The summed E-state index contributed by atoms with van der Waals surface area (Å²) in [5, 5.41) is 0. The van der Waals surface area contributed by atoms with Gasteiger partial charge >= 0.3 is 0 Å². The molecule has 58 valence electrons. The number of terminal acetylenes is 1. The van der Waals surface area contributed by atoms with Crippen LogP contribution in [0.5, 0.6) is 0 Å². The fraction of sp³-hybridized carbons (Fsp3) is 0.778. The van der Waals surface area contributed by atoms with Crippen molar-refractivity contribution in [2.75, 3.05) is 0 Å². The Bertz CT molecular complexity index is 114. The van der Waals surface area contributed by atoms with Crippen LogP contribution >= 0.6 is 0 Å². The molecule has 0 radical (unpaired) electrons. The molecule has 0 aliphatic rings. The topological polar surface area (TPSA) is 0 Å². The largest absolute Gasteiger partial charge is 0.120 e. The van der Waals surface area contributed by atoms with Gasteiger partial charge in [0, 0.05) is 14.5 Å². The number of rotatable bonds is 4. The Morgan fingerprint density at radius 3 is 2.20 bits per heavy atom. The average molecular weight is 154 g/mol. The molecule has 0 aromatic rings. The first-order chi connectivity index (χ1) is 4.56. The fourth-order valence-corrected chi connectivity index (χ4v) is 2.19. The Morgan fingerprint density at radius 1 is 1.20 bits per heavy atom. The fourth-order valence-electron chi connectivity index (χ4n) is 0.882. The third-order valence-electron chi connectivity index (χ3n) is 1.50. The van der Waals surface area contributed by atoms with Gasteiger partial charge in [-0.05, 0) is 6.42 Å². The van der Waals surface area contributed by atoms with E-state index in [2.05, 4.69) is 25.6 Å². The van der Waals surface area contributed by atoms with Crippen LogP contribution in [-0.2, 0) is 0 Å². The Labute approximate surface area is 66.0 Å². The molecule has 0 saturated heterocycles. The molecule has 0 fully saturated rings. The lowest BCUT2D eigenvalue weighted by molar-refractivity contribution is 0.816. The third kappa shape index (κ3) is 7.78. The molecule has 0 amide bonds. The predicted molar refractivity (Wildman–Crippen MR) is 50.8 cm³/mol. The van der Waals surface area contributed by atoms with Crippen molar-refractivity contribution in [3.8, 4) is 12.3 Å². The first kappa shape index (κ1) is 9.78. The molecule has 0 aliphatic heterocycles. The van der Waals surface area contributed by atoms with E-state index in [1.54, 1.807) is 0 Å². The Kier molecular flexibility index (Phi) is 4.47. The van der Waals surface area contributed by atoms with Crippen molar-refractivity contribution in [1.29, 1.82) is 0 Å². The molecule has 0 unspecified atom stereocenters. The van der Waals surface area contributed by atoms with Gasteiger partial charge in [-0.1, -0.05) is 32.1 Å². The van der Waals surface area contributed by atoms with E-state index in [0.717, 1.165) is 6.42 Å². The maximum atomic E-state index is 5.14. The first-order valence-corrected chi connectivity index (χ1v) is 7.70. The van der Waals surface area contributed by atoms with Gasteiger partial charge in [0.15, 0.2) is 0 Å². The molecule has 10 heavy (non-hydrogen) atoms. The first-order valence-electron chi connectivity index (χ1n) is 4.00. The molecule has 0 aromatic heterocycles. The Balaban J connectivity index is 3.14. The summed E-state index contributed by atoms with van der Waals surface area (Å²) in [6, 6.07) is 1.43. The van der Waals surface area contributed by atoms with Gasteiger partial charge in [-0.25, -0.2) is 0 Å². The van der Waals surface area contributed by atoms with E-state index in [9.17, 15) is 0 Å². The minimum atomic E-state index is -0.776. The maximum Gasteiger partial charge on any atom is 0.0442 e. The van der Waals surface area contributed by atoms with Gasteiger partial charge in [0.05, 0.1) is 0 Å². The monoisotopic (exact) mass is 154 g/mol. The highest BCUT2D eigenvalue weighted by Gasteiger charge is 2.10. The second-order valence-electron chi connectivity index (χ2n) is 3.97. The summed E-state index contributed by atoms with van der Waals surface area (Å²) in [6.07, 6.45) is 8.66. The molecule has 0 aromatic carbocycles. The summed E-state index contributed by atoms with van der Waals surface area (Å²) in [5.41, 5.74) is 0. The summed E-state index contributed by atoms with van der Waals surface area (Å²) in [4.78, 5) is 0. The maximum absolute atomic E-state index is 5.14. The molecule has 1 heteroatoms. The quantitative estimate of drug-likeness (QED) is 0.331. The minimum Gasteiger partial charge on any atom is -0.120 e. The summed E-state index contributed by atoms with van der Waals surface area (Å²) in [5.74, 6) is 2.67. The van der Waals surface area contributed by atoms with E-state index < -0.39 is 8.07 Å². The zero-order valence-corrected chi connectivity index (χ0v) is 8.41. The zero-order valence-electron chi connectivity index (χ0n) is 7.41. The van der Waals surface area contributed by atoms with Gasteiger partial charge in [-0.15, -0.1) is 12.3 Å². The van der Waals surface area contributed by atoms with Crippen LogP contribution < -0.4 is 0 Å². The third-order valence-corrected chi connectivity index (χ3v) is 3.35. The molecule has 0 heterocycles. The van der Waals surface area contributed by atoms with Gasteiger partial charge in [-0.2, -0.15) is 0 Å². The summed E-state index contributed by atoms with van der Waals surface area (Å²) < 4.78 is 0. The Hall–Kier alpha value is -0.223. The van der Waals surface area contributed by atoms with Gasteiger partial charge in [0.25, 0.3) is 0 Å². The van der Waals surface area contributed by atoms with Crippen LogP contribution in [0.2, 0.25) is 25.7 Å². The van der Waals surface area contributed by atoms with Crippen molar-refractivity contribution in [1.82, 2.24) is 0 Å². The average Bonchev–Trinajstić information content (AvgIpc) is 1.78. The normalized spacial score (nSPS) is 11.0. The number of unbranched alkanes of at least 4 members (excludes halogenated alkanes) is 2. The van der Waals surface area contributed by atoms with Crippen LogP contribution in [0.3, 0.4) is 0 Å². The summed E-state index contributed by atoms with van der Waals surface area (Å²) >= 11 is 0. The lowest BCUT2D eigenvalue weighted by atomic mass is 10.3. The van der Waals surface area contributed by atoms with Crippen molar-refractivity contribution < 1.29 is 0 Å². The van der Waals surface area contributed by atoms with Crippen molar-refractivity contribution in [3.63, 3.8) is 0 Å². The van der Waals surface area contributed by atoms with Gasteiger partial charge in [0.2, 0.25) is 0 Å². The smallest absolute Gasteiger partial charge is 0.0442 e. The second-order valence-corrected chi connectivity index (χ2v) is 9.59. The van der Waals surface area contributed by atoms with E-state index in [1.165, 1.54) is 18.9 Å². The van der Waals surface area contributed by atoms with Crippen LogP contribution in [0.15, 0.2) is 0 Å². The van der Waals surface area contributed by atoms with Crippen molar-refractivity contribution >= 4 is 8.07 Å². The van der Waals surface area contributed by atoms with Crippen LogP contribution in [0, 0.1) is 12.3 Å². The van der Waals surface area contributed by atoms with Crippen LogP contribution in [0.4, 0.5) is 0 Å². The molecule has 0 atom stereocenters. The van der Waals surface area contributed by atoms with E-state index in [0.29, 0.717) is 0 Å². The molecule has 0 spiro atoms. The highest BCUT2D eigenvalue weighted by molar-refractivity contribution is 6.76. The molecule has 0 bridgehead atoms. The number of hydrogen-bond acceptors (Lipinski definition) is 0. The highest BCUT2D eigenvalue weighted by atomic mass is 28.3. The summed E-state index contributed by atoms with van der Waals surface area (Å²) in [7, 11) is -0.776. The standard InChI is InChI=1S/C9H18Si/c1-5-6-7-8-9-10(2,3)4/h1H,6-9H2,2-4H3. The molecule has 0 rings (SSSR count). The SMILES string of the molecule is C#CCCCC[Si](C)(C)C. The van der Waals surface area contributed by atoms with E-state index in [1.807, 2.05) is 0 Å². The minimum absolute atomic E-state index is 0.776. The van der Waals surface area contributed by atoms with Crippen molar-refractivity contribution in [2.45, 2.75) is 44.9 Å². The van der Waals surface area contributed by atoms with Crippen LogP contribution in [-0.4, -0.2) is 8.07 Å². The predicted octanol–water partition coefficient (Wildman–Crippen LogP) is 3.13. The zero-order chi connectivity index (χ0) is 8.04. The van der Waals surface area contributed by atoms with Crippen molar-refractivity contribution in [3.05, 3.63) is 0 Å². The number of hydrogen-bond donors (Lipinski definition) is 0. The molecule has 0 aliphatic carbocycles. The van der Waals surface area contributed by atoms with Gasteiger partial charge in [0.1, 0.15) is 0 Å². The van der Waals surface area contributed by atoms with Crippen LogP contribution in [0.1, 0.15) is 19.3 Å². The van der Waals surface area contributed by atoms with Crippen molar-refractivity contribution in [2.24, 2.45) is 0 Å². The Morgan fingerprint density at radius 2 is 1.80 bits per heavy atom. The molecular weight excluding hydrogens is 136 g/mol. The molecule has 0 saturated carbocycles. The second kappa shape index (κ2) is 4.57. The lowest BCUT2D eigenvalue weighted by Crippen LogP contribution is -2.18. The van der Waals surface area contributed by atoms with E-state index in [4.69, 9.17) is 6.42 Å².